The fraction of sp³-hybridized carbons (Fsp3) is 0.409. The molecule has 0 aliphatic carbocycles. The van der Waals surface area contributed by atoms with Gasteiger partial charge in [-0.05, 0) is 67.3 Å². The van der Waals surface area contributed by atoms with Crippen LogP contribution in [0.25, 0.3) is 0 Å². The van der Waals surface area contributed by atoms with Crippen molar-refractivity contribution in [1.82, 2.24) is 4.90 Å². The highest BCUT2D eigenvalue weighted by atomic mass is 35.5. The zero-order chi connectivity index (χ0) is 24.2. The van der Waals surface area contributed by atoms with Gasteiger partial charge in [0.25, 0.3) is 0 Å². The summed E-state index contributed by atoms with van der Waals surface area (Å²) in [6.07, 6.45) is -5.81. The molecule has 1 aliphatic rings. The van der Waals surface area contributed by atoms with Gasteiger partial charge in [0.15, 0.2) is 9.84 Å². The standard InChI is InChI=1S/C22H24ClF3N2O4S/c1-33(30,31)19-6-2-4-15(12-19)16-5-3-11-28(13-16)14-20(22(24,25)26)32-21(29)27-18-9-7-17(23)8-10-18/h2,4,6-10,12,16,20H,3,5,11,13-14H2,1H3,(H,27,29)/t16?,20-/m0/s1. The molecule has 0 radical (unpaired) electrons. The van der Waals surface area contributed by atoms with Gasteiger partial charge in [0.05, 0.1) is 4.90 Å². The highest BCUT2D eigenvalue weighted by Crippen LogP contribution is 2.31. The highest BCUT2D eigenvalue weighted by molar-refractivity contribution is 7.90. The van der Waals surface area contributed by atoms with E-state index >= 15 is 0 Å². The Morgan fingerprint density at radius 3 is 2.58 bits per heavy atom. The van der Waals surface area contributed by atoms with Gasteiger partial charge in [0.2, 0.25) is 6.10 Å². The van der Waals surface area contributed by atoms with Crippen LogP contribution in [0.3, 0.4) is 0 Å². The average Bonchev–Trinajstić information content (AvgIpc) is 2.74. The molecule has 1 heterocycles. The summed E-state index contributed by atoms with van der Waals surface area (Å²) in [4.78, 5) is 13.8. The molecular weight excluding hydrogens is 481 g/mol. The van der Waals surface area contributed by atoms with Crippen molar-refractivity contribution < 1.29 is 31.1 Å². The Hall–Kier alpha value is -2.30. The minimum absolute atomic E-state index is 0.128. The van der Waals surface area contributed by atoms with Crippen LogP contribution in [-0.4, -0.2) is 57.6 Å². The third kappa shape index (κ3) is 7.35. The van der Waals surface area contributed by atoms with E-state index in [1.54, 1.807) is 23.1 Å². The Kier molecular flexibility index (Phi) is 7.92. The topological polar surface area (TPSA) is 75.7 Å². The number of alkyl halides is 3. The van der Waals surface area contributed by atoms with Crippen molar-refractivity contribution >= 4 is 33.2 Å². The summed E-state index contributed by atoms with van der Waals surface area (Å²) in [6, 6.07) is 12.4. The number of hydrogen-bond donors (Lipinski definition) is 1. The van der Waals surface area contributed by atoms with E-state index in [9.17, 15) is 26.4 Å². The number of carbonyl (C=O) groups excluding carboxylic acids is 1. The number of likely N-dealkylation sites (tertiary alicyclic amines) is 1. The summed E-state index contributed by atoms with van der Waals surface area (Å²) in [5.41, 5.74) is 1.02. The second-order valence-corrected chi connectivity index (χ2v) is 10.5. The molecule has 1 amide bonds. The second-order valence-electron chi connectivity index (χ2n) is 8.01. The molecule has 2 atom stereocenters. The van der Waals surface area contributed by atoms with E-state index < -0.39 is 34.8 Å². The number of amides is 1. The minimum atomic E-state index is -4.75. The lowest BCUT2D eigenvalue weighted by atomic mass is 9.90. The smallest absolute Gasteiger partial charge is 0.426 e. The molecule has 0 spiro atoms. The van der Waals surface area contributed by atoms with Crippen LogP contribution >= 0.6 is 11.6 Å². The van der Waals surface area contributed by atoms with E-state index in [2.05, 4.69) is 5.32 Å². The summed E-state index contributed by atoms with van der Waals surface area (Å²) < 4.78 is 69.3. The number of nitrogens with zero attached hydrogens (tertiary/aromatic N) is 1. The van der Waals surface area contributed by atoms with Gasteiger partial charge in [-0.2, -0.15) is 13.2 Å². The lowest BCUT2D eigenvalue weighted by Crippen LogP contribution is -2.47. The molecule has 1 fully saturated rings. The molecule has 33 heavy (non-hydrogen) atoms. The maximum Gasteiger partial charge on any atom is 0.426 e. The van der Waals surface area contributed by atoms with Gasteiger partial charge in [-0.25, -0.2) is 13.2 Å². The first-order valence-electron chi connectivity index (χ1n) is 10.2. The summed E-state index contributed by atoms with van der Waals surface area (Å²) in [5.74, 6) is -0.128. The van der Waals surface area contributed by atoms with Crippen molar-refractivity contribution in [1.29, 1.82) is 0 Å². The first kappa shape index (κ1) is 25.3. The molecule has 0 aromatic heterocycles. The molecule has 1 N–H and O–H groups in total. The Labute approximate surface area is 195 Å². The number of hydrogen-bond acceptors (Lipinski definition) is 5. The predicted octanol–water partition coefficient (Wildman–Crippen LogP) is 5.10. The lowest BCUT2D eigenvalue weighted by Gasteiger charge is -2.35. The Balaban J connectivity index is 1.66. The quantitative estimate of drug-likeness (QED) is 0.592. The summed E-state index contributed by atoms with van der Waals surface area (Å²) in [7, 11) is -3.39. The number of anilines is 1. The molecule has 6 nitrogen and oxygen atoms in total. The maximum absolute atomic E-state index is 13.6. The molecular formula is C22H24ClF3N2O4S. The lowest BCUT2D eigenvalue weighted by molar-refractivity contribution is -0.207. The van der Waals surface area contributed by atoms with E-state index in [1.807, 2.05) is 0 Å². The molecule has 180 valence electrons. The third-order valence-corrected chi connectivity index (χ3v) is 6.75. The fourth-order valence-corrected chi connectivity index (χ4v) is 4.55. The van der Waals surface area contributed by atoms with Gasteiger partial charge in [-0.1, -0.05) is 23.7 Å². The van der Waals surface area contributed by atoms with Gasteiger partial charge >= 0.3 is 12.3 Å². The minimum Gasteiger partial charge on any atom is -0.435 e. The number of halogens is 4. The SMILES string of the molecule is CS(=O)(=O)c1cccc(C2CCCN(C[C@H](OC(=O)Nc3ccc(Cl)cc3)C(F)(F)F)C2)c1. The molecule has 2 aromatic rings. The van der Waals surface area contributed by atoms with E-state index in [0.717, 1.165) is 18.2 Å². The zero-order valence-electron chi connectivity index (χ0n) is 17.8. The van der Waals surface area contributed by atoms with Crippen molar-refractivity contribution in [3.8, 4) is 0 Å². The van der Waals surface area contributed by atoms with Crippen LogP contribution < -0.4 is 5.32 Å². The fourth-order valence-electron chi connectivity index (χ4n) is 3.74. The monoisotopic (exact) mass is 504 g/mol. The van der Waals surface area contributed by atoms with Crippen molar-refractivity contribution in [3.05, 3.63) is 59.1 Å². The second kappa shape index (κ2) is 10.3. The first-order chi connectivity index (χ1) is 15.4. The summed E-state index contributed by atoms with van der Waals surface area (Å²) in [5, 5.41) is 2.69. The van der Waals surface area contributed by atoms with Gasteiger partial charge in [-0.15, -0.1) is 0 Å². The molecule has 1 unspecified atom stereocenters. The average molecular weight is 505 g/mol. The van der Waals surface area contributed by atoms with Crippen LogP contribution in [0.1, 0.15) is 24.3 Å². The number of ether oxygens (including phenoxy) is 1. The molecule has 1 aliphatic heterocycles. The van der Waals surface area contributed by atoms with E-state index in [1.165, 1.54) is 30.3 Å². The van der Waals surface area contributed by atoms with E-state index in [4.69, 9.17) is 16.3 Å². The number of carbonyl (C=O) groups is 1. The van der Waals surface area contributed by atoms with Gasteiger partial charge in [0, 0.05) is 30.1 Å². The highest BCUT2D eigenvalue weighted by Gasteiger charge is 2.44. The molecule has 2 aromatic carbocycles. The zero-order valence-corrected chi connectivity index (χ0v) is 19.4. The molecule has 11 heteroatoms. The van der Waals surface area contributed by atoms with Gasteiger partial charge in [-0.3, -0.25) is 10.2 Å². The Morgan fingerprint density at radius 2 is 1.94 bits per heavy atom. The van der Waals surface area contributed by atoms with Gasteiger partial charge in [0.1, 0.15) is 0 Å². The maximum atomic E-state index is 13.6. The van der Waals surface area contributed by atoms with E-state index in [0.29, 0.717) is 24.5 Å². The number of benzene rings is 2. The van der Waals surface area contributed by atoms with Crippen LogP contribution in [0.5, 0.6) is 0 Å². The summed E-state index contributed by atoms with van der Waals surface area (Å²) >= 11 is 5.76. The van der Waals surface area contributed by atoms with Crippen LogP contribution in [-0.2, 0) is 14.6 Å². The Bertz CT molecular complexity index is 1080. The third-order valence-electron chi connectivity index (χ3n) is 5.39. The van der Waals surface area contributed by atoms with Crippen molar-refractivity contribution in [3.63, 3.8) is 0 Å². The van der Waals surface area contributed by atoms with E-state index in [-0.39, 0.29) is 16.5 Å². The molecule has 0 saturated carbocycles. The molecule has 1 saturated heterocycles. The van der Waals surface area contributed by atoms with Crippen molar-refractivity contribution in [2.24, 2.45) is 0 Å². The first-order valence-corrected chi connectivity index (χ1v) is 12.5. The predicted molar refractivity (Wildman–Crippen MR) is 119 cm³/mol. The molecule has 3 rings (SSSR count). The number of piperidine rings is 1. The number of rotatable bonds is 6. The van der Waals surface area contributed by atoms with Crippen molar-refractivity contribution in [2.45, 2.75) is 35.9 Å². The Morgan fingerprint density at radius 1 is 1.24 bits per heavy atom. The van der Waals surface area contributed by atoms with Crippen LogP contribution in [0, 0.1) is 0 Å². The van der Waals surface area contributed by atoms with Crippen LogP contribution in [0.2, 0.25) is 5.02 Å². The largest absolute Gasteiger partial charge is 0.435 e. The normalized spacial score (nSPS) is 18.5. The summed E-state index contributed by atoms with van der Waals surface area (Å²) in [6.45, 7) is 0.193. The number of nitrogens with one attached hydrogen (secondary N) is 1. The molecule has 0 bridgehead atoms. The number of sulfone groups is 1. The van der Waals surface area contributed by atoms with Crippen LogP contribution in [0.15, 0.2) is 53.4 Å². The van der Waals surface area contributed by atoms with Crippen molar-refractivity contribution in [2.75, 3.05) is 31.2 Å². The van der Waals surface area contributed by atoms with Gasteiger partial charge < -0.3 is 4.74 Å². The van der Waals surface area contributed by atoms with Crippen LogP contribution in [0.4, 0.5) is 23.7 Å².